The Morgan fingerprint density at radius 2 is 2.03 bits per heavy atom. The van der Waals surface area contributed by atoms with Gasteiger partial charge < -0.3 is 15.4 Å². The van der Waals surface area contributed by atoms with E-state index in [-0.39, 0.29) is 0 Å². The van der Waals surface area contributed by atoms with Gasteiger partial charge in [-0.3, -0.25) is 4.90 Å². The first-order valence-electron chi connectivity index (χ1n) is 10.6. The summed E-state index contributed by atoms with van der Waals surface area (Å²) >= 11 is 0. The van der Waals surface area contributed by atoms with Gasteiger partial charge >= 0.3 is 0 Å². The zero-order chi connectivity index (χ0) is 20.5. The van der Waals surface area contributed by atoms with Crippen molar-refractivity contribution in [3.63, 3.8) is 0 Å². The Morgan fingerprint density at radius 1 is 1.21 bits per heavy atom. The minimum Gasteiger partial charge on any atom is -0.379 e. The maximum absolute atomic E-state index is 5.51. The zero-order valence-electron chi connectivity index (χ0n) is 17.8. The highest BCUT2D eigenvalue weighted by Crippen LogP contribution is 2.13. The van der Waals surface area contributed by atoms with Crippen LogP contribution in [0.1, 0.15) is 26.3 Å². The zero-order valence-corrected chi connectivity index (χ0v) is 17.8. The molecule has 1 saturated heterocycles. The Bertz CT molecular complexity index is 752. The molecule has 1 atom stereocenters. The van der Waals surface area contributed by atoms with Gasteiger partial charge in [-0.1, -0.05) is 26.0 Å². The molecule has 7 nitrogen and oxygen atoms in total. The lowest BCUT2D eigenvalue weighted by molar-refractivity contribution is 0.00752. The Labute approximate surface area is 174 Å². The monoisotopic (exact) mass is 398 g/mol. The SMILES string of the molecule is CCNC(=NCc1cccc(-n2cccn2)c1)NCC(C(C)C)N1CCOCC1. The number of benzene rings is 1. The second-order valence-electron chi connectivity index (χ2n) is 7.66. The molecule has 29 heavy (non-hydrogen) atoms. The molecular weight excluding hydrogens is 364 g/mol. The van der Waals surface area contributed by atoms with Crippen molar-refractivity contribution in [1.82, 2.24) is 25.3 Å². The van der Waals surface area contributed by atoms with Crippen molar-refractivity contribution in [2.45, 2.75) is 33.4 Å². The number of ether oxygens (including phenoxy) is 1. The second-order valence-corrected chi connectivity index (χ2v) is 7.66. The van der Waals surface area contributed by atoms with Crippen molar-refractivity contribution in [3.8, 4) is 5.69 Å². The first-order chi connectivity index (χ1) is 14.2. The van der Waals surface area contributed by atoms with Gasteiger partial charge in [0.15, 0.2) is 5.96 Å². The lowest BCUT2D eigenvalue weighted by atomic mass is 10.0. The van der Waals surface area contributed by atoms with Crippen LogP contribution in [0.5, 0.6) is 0 Å². The number of guanidine groups is 1. The molecule has 1 fully saturated rings. The predicted molar refractivity (Wildman–Crippen MR) is 117 cm³/mol. The Balaban J connectivity index is 1.62. The number of hydrogen-bond acceptors (Lipinski definition) is 4. The summed E-state index contributed by atoms with van der Waals surface area (Å²) in [7, 11) is 0. The summed E-state index contributed by atoms with van der Waals surface area (Å²) in [5, 5.41) is 11.2. The highest BCUT2D eigenvalue weighted by Gasteiger charge is 2.23. The van der Waals surface area contributed by atoms with Crippen LogP contribution in [0.3, 0.4) is 0 Å². The predicted octanol–water partition coefficient (Wildman–Crippen LogP) is 2.28. The van der Waals surface area contributed by atoms with E-state index in [0.29, 0.717) is 18.5 Å². The maximum Gasteiger partial charge on any atom is 0.191 e. The minimum absolute atomic E-state index is 0.464. The molecule has 1 aromatic heterocycles. The third kappa shape index (κ3) is 6.30. The van der Waals surface area contributed by atoms with Gasteiger partial charge in [0.2, 0.25) is 0 Å². The van der Waals surface area contributed by atoms with Crippen molar-refractivity contribution in [2.75, 3.05) is 39.4 Å². The molecule has 0 bridgehead atoms. The molecule has 2 N–H and O–H groups in total. The van der Waals surface area contributed by atoms with E-state index in [1.165, 1.54) is 0 Å². The fourth-order valence-electron chi connectivity index (χ4n) is 3.63. The molecule has 0 radical (unpaired) electrons. The molecule has 0 saturated carbocycles. The Kier molecular flexibility index (Phi) is 8.07. The van der Waals surface area contributed by atoms with Crippen molar-refractivity contribution in [1.29, 1.82) is 0 Å². The first kappa shape index (κ1) is 21.3. The van der Waals surface area contributed by atoms with Crippen LogP contribution in [-0.4, -0.2) is 66.1 Å². The van der Waals surface area contributed by atoms with Crippen LogP contribution >= 0.6 is 0 Å². The van der Waals surface area contributed by atoms with Crippen molar-refractivity contribution in [3.05, 3.63) is 48.3 Å². The fraction of sp³-hybridized carbons (Fsp3) is 0.545. The topological polar surface area (TPSA) is 66.7 Å². The third-order valence-corrected chi connectivity index (χ3v) is 5.21. The van der Waals surface area contributed by atoms with Crippen LogP contribution < -0.4 is 10.6 Å². The molecule has 7 heteroatoms. The van der Waals surface area contributed by atoms with Gasteiger partial charge in [-0.05, 0) is 36.6 Å². The van der Waals surface area contributed by atoms with Gasteiger partial charge in [0.05, 0.1) is 25.4 Å². The third-order valence-electron chi connectivity index (χ3n) is 5.21. The van der Waals surface area contributed by atoms with E-state index in [1.807, 2.05) is 16.9 Å². The largest absolute Gasteiger partial charge is 0.379 e. The highest BCUT2D eigenvalue weighted by molar-refractivity contribution is 5.79. The molecule has 158 valence electrons. The molecule has 0 aliphatic carbocycles. The molecule has 2 aromatic rings. The summed E-state index contributed by atoms with van der Waals surface area (Å²) in [6.07, 6.45) is 3.74. The van der Waals surface area contributed by atoms with E-state index in [0.717, 1.165) is 56.6 Å². The van der Waals surface area contributed by atoms with Crippen LogP contribution in [0.25, 0.3) is 5.69 Å². The van der Waals surface area contributed by atoms with E-state index < -0.39 is 0 Å². The molecule has 3 rings (SSSR count). The maximum atomic E-state index is 5.51. The number of nitrogens with zero attached hydrogens (tertiary/aromatic N) is 4. The van der Waals surface area contributed by atoms with E-state index in [9.17, 15) is 0 Å². The van der Waals surface area contributed by atoms with Crippen LogP contribution in [0.4, 0.5) is 0 Å². The number of aliphatic imine (C=N–C) groups is 1. The number of hydrogen-bond donors (Lipinski definition) is 2. The van der Waals surface area contributed by atoms with Gasteiger partial charge in [-0.15, -0.1) is 0 Å². The van der Waals surface area contributed by atoms with Crippen LogP contribution in [0.15, 0.2) is 47.7 Å². The summed E-state index contributed by atoms with van der Waals surface area (Å²) < 4.78 is 7.38. The summed E-state index contributed by atoms with van der Waals surface area (Å²) in [5.74, 6) is 1.42. The van der Waals surface area contributed by atoms with Crippen LogP contribution in [0.2, 0.25) is 0 Å². The van der Waals surface area contributed by atoms with E-state index in [1.54, 1.807) is 6.20 Å². The van der Waals surface area contributed by atoms with Gasteiger partial charge in [-0.2, -0.15) is 5.10 Å². The molecular formula is C22H34N6O. The normalized spacial score (nSPS) is 16.8. The summed E-state index contributed by atoms with van der Waals surface area (Å²) in [5.41, 5.74) is 2.21. The quantitative estimate of drug-likeness (QED) is 0.528. The Morgan fingerprint density at radius 3 is 2.72 bits per heavy atom. The highest BCUT2D eigenvalue weighted by atomic mass is 16.5. The van der Waals surface area contributed by atoms with Crippen molar-refractivity contribution < 1.29 is 4.74 Å². The van der Waals surface area contributed by atoms with Gasteiger partial charge in [0.25, 0.3) is 0 Å². The average Bonchev–Trinajstić information content (AvgIpc) is 3.28. The van der Waals surface area contributed by atoms with E-state index in [4.69, 9.17) is 9.73 Å². The smallest absolute Gasteiger partial charge is 0.191 e. The number of aromatic nitrogens is 2. The number of nitrogens with one attached hydrogen (secondary N) is 2. The van der Waals surface area contributed by atoms with E-state index in [2.05, 4.69) is 65.7 Å². The molecule has 0 spiro atoms. The van der Waals surface area contributed by atoms with Gasteiger partial charge in [0.1, 0.15) is 0 Å². The first-order valence-corrected chi connectivity index (χ1v) is 10.6. The molecule has 0 amide bonds. The number of morpholine rings is 1. The molecule has 1 unspecified atom stereocenters. The minimum atomic E-state index is 0.464. The summed E-state index contributed by atoms with van der Waals surface area (Å²) in [6.45, 7) is 12.6. The van der Waals surface area contributed by atoms with Crippen molar-refractivity contribution >= 4 is 5.96 Å². The van der Waals surface area contributed by atoms with Gasteiger partial charge in [-0.25, -0.2) is 9.67 Å². The standard InChI is InChI=1S/C22H34N6O/c1-4-23-22(25-17-21(18(2)3)27-11-13-29-14-12-27)24-16-19-7-5-8-20(15-19)28-10-6-9-26-28/h5-10,15,18,21H,4,11-14,16-17H2,1-3H3,(H2,23,24,25). The molecule has 1 aliphatic heterocycles. The molecule has 2 heterocycles. The lowest BCUT2D eigenvalue weighted by Crippen LogP contribution is -2.52. The summed E-state index contributed by atoms with van der Waals surface area (Å²) in [6, 6.07) is 10.7. The van der Waals surface area contributed by atoms with Gasteiger partial charge in [0, 0.05) is 44.6 Å². The second kappa shape index (κ2) is 11.0. The number of rotatable bonds is 8. The molecule has 1 aliphatic rings. The Hall–Kier alpha value is -2.38. The molecule has 1 aromatic carbocycles. The average molecular weight is 399 g/mol. The van der Waals surface area contributed by atoms with Crippen molar-refractivity contribution in [2.24, 2.45) is 10.9 Å². The fourth-order valence-corrected chi connectivity index (χ4v) is 3.63. The lowest BCUT2D eigenvalue weighted by Gasteiger charge is -2.37. The summed E-state index contributed by atoms with van der Waals surface area (Å²) in [4.78, 5) is 7.33. The van der Waals surface area contributed by atoms with Crippen LogP contribution in [-0.2, 0) is 11.3 Å². The van der Waals surface area contributed by atoms with Crippen LogP contribution in [0, 0.1) is 5.92 Å². The van der Waals surface area contributed by atoms with E-state index >= 15 is 0 Å².